The quantitative estimate of drug-likeness (QED) is 0.578. The normalized spacial score (nSPS) is 11.1. The molecule has 0 fully saturated rings. The van der Waals surface area contributed by atoms with Crippen LogP contribution in [0.25, 0.3) is 0 Å². The van der Waals surface area contributed by atoms with Gasteiger partial charge in [0.05, 0.1) is 0 Å². The van der Waals surface area contributed by atoms with Crippen molar-refractivity contribution in [2.45, 2.75) is 6.92 Å². The molecule has 0 spiro atoms. The van der Waals surface area contributed by atoms with Crippen LogP contribution in [0.4, 0.5) is 11.4 Å². The number of aliphatic imine (C=N–C) groups is 1. The standard InChI is InChI=1S/C16H17BrN4O/c1-11-5-7-13(8-6-11)21-16(18)19-10-15(22)20-14-4-2-3-12(17)9-14/h2-9H,10H2,1H3,(H,20,22)(H3,18,19,21). The topological polar surface area (TPSA) is 79.5 Å². The number of amides is 1. The van der Waals surface area contributed by atoms with Crippen LogP contribution in [0.15, 0.2) is 58.0 Å². The van der Waals surface area contributed by atoms with Gasteiger partial charge in [0, 0.05) is 15.8 Å². The maximum absolute atomic E-state index is 11.8. The van der Waals surface area contributed by atoms with E-state index in [0.29, 0.717) is 5.69 Å². The molecular weight excluding hydrogens is 344 g/mol. The summed E-state index contributed by atoms with van der Waals surface area (Å²) in [6.07, 6.45) is 0. The van der Waals surface area contributed by atoms with E-state index < -0.39 is 0 Å². The number of benzene rings is 2. The smallest absolute Gasteiger partial charge is 0.246 e. The predicted octanol–water partition coefficient (Wildman–Crippen LogP) is 3.12. The van der Waals surface area contributed by atoms with Crippen molar-refractivity contribution in [2.75, 3.05) is 17.2 Å². The van der Waals surface area contributed by atoms with Crippen molar-refractivity contribution < 1.29 is 4.79 Å². The summed E-state index contributed by atoms with van der Waals surface area (Å²) in [5.41, 5.74) is 8.46. The van der Waals surface area contributed by atoms with Gasteiger partial charge in [-0.2, -0.15) is 0 Å². The molecule has 22 heavy (non-hydrogen) atoms. The molecule has 2 aromatic rings. The summed E-state index contributed by atoms with van der Waals surface area (Å²) >= 11 is 3.35. The lowest BCUT2D eigenvalue weighted by Gasteiger charge is -2.07. The zero-order valence-electron chi connectivity index (χ0n) is 12.1. The number of nitrogens with one attached hydrogen (secondary N) is 2. The highest BCUT2D eigenvalue weighted by molar-refractivity contribution is 9.10. The summed E-state index contributed by atoms with van der Waals surface area (Å²) in [6.45, 7) is 1.96. The van der Waals surface area contributed by atoms with Crippen LogP contribution in [-0.4, -0.2) is 18.4 Å². The Morgan fingerprint density at radius 2 is 1.86 bits per heavy atom. The molecule has 0 aliphatic carbocycles. The monoisotopic (exact) mass is 360 g/mol. The first-order valence-corrected chi connectivity index (χ1v) is 7.51. The second-order valence-electron chi connectivity index (χ2n) is 4.75. The van der Waals surface area contributed by atoms with E-state index >= 15 is 0 Å². The van der Waals surface area contributed by atoms with E-state index in [1.807, 2.05) is 49.4 Å². The third kappa shape index (κ3) is 5.21. The van der Waals surface area contributed by atoms with Gasteiger partial charge < -0.3 is 16.4 Å². The molecule has 0 aromatic heterocycles. The SMILES string of the molecule is Cc1ccc(NC(N)=NCC(=O)Nc2cccc(Br)c2)cc1. The molecule has 0 unspecified atom stereocenters. The van der Waals surface area contributed by atoms with Gasteiger partial charge in [-0.05, 0) is 37.3 Å². The zero-order valence-corrected chi connectivity index (χ0v) is 13.7. The molecule has 0 atom stereocenters. The summed E-state index contributed by atoms with van der Waals surface area (Å²) in [7, 11) is 0. The van der Waals surface area contributed by atoms with E-state index in [1.54, 1.807) is 6.07 Å². The van der Waals surface area contributed by atoms with Crippen molar-refractivity contribution in [3.8, 4) is 0 Å². The Morgan fingerprint density at radius 1 is 1.14 bits per heavy atom. The van der Waals surface area contributed by atoms with Gasteiger partial charge in [-0.25, -0.2) is 4.99 Å². The van der Waals surface area contributed by atoms with Crippen LogP contribution in [0.5, 0.6) is 0 Å². The highest BCUT2D eigenvalue weighted by Crippen LogP contribution is 2.15. The largest absolute Gasteiger partial charge is 0.370 e. The molecule has 1 amide bonds. The second kappa shape index (κ2) is 7.61. The summed E-state index contributed by atoms with van der Waals surface area (Å²) in [4.78, 5) is 15.8. The van der Waals surface area contributed by atoms with Gasteiger partial charge in [0.2, 0.25) is 5.91 Å². The number of nitrogens with zero attached hydrogens (tertiary/aromatic N) is 1. The summed E-state index contributed by atoms with van der Waals surface area (Å²) in [5.74, 6) is -0.0278. The number of rotatable bonds is 4. The van der Waals surface area contributed by atoms with Gasteiger partial charge in [0.15, 0.2) is 5.96 Å². The van der Waals surface area contributed by atoms with Gasteiger partial charge in [0.25, 0.3) is 0 Å². The van der Waals surface area contributed by atoms with Crippen LogP contribution < -0.4 is 16.4 Å². The fourth-order valence-electron chi connectivity index (χ4n) is 1.75. The zero-order chi connectivity index (χ0) is 15.9. The first-order valence-electron chi connectivity index (χ1n) is 6.72. The number of halogens is 1. The molecule has 5 nitrogen and oxygen atoms in total. The van der Waals surface area contributed by atoms with Crippen LogP contribution in [0.2, 0.25) is 0 Å². The van der Waals surface area contributed by atoms with Gasteiger partial charge in [0.1, 0.15) is 6.54 Å². The third-order valence-corrected chi connectivity index (χ3v) is 3.32. The fourth-order valence-corrected chi connectivity index (χ4v) is 2.15. The van der Waals surface area contributed by atoms with Crippen LogP contribution in [0, 0.1) is 6.92 Å². The Hall–Kier alpha value is -2.34. The molecule has 0 aliphatic rings. The minimum Gasteiger partial charge on any atom is -0.370 e. The van der Waals surface area contributed by atoms with Crippen LogP contribution >= 0.6 is 15.9 Å². The number of anilines is 2. The molecule has 0 radical (unpaired) electrons. The Morgan fingerprint density at radius 3 is 2.55 bits per heavy atom. The minimum absolute atomic E-state index is 0.0444. The summed E-state index contributed by atoms with van der Waals surface area (Å²) in [6, 6.07) is 15.1. The number of hydrogen-bond donors (Lipinski definition) is 3. The molecule has 0 bridgehead atoms. The second-order valence-corrected chi connectivity index (χ2v) is 5.67. The molecule has 114 valence electrons. The van der Waals surface area contributed by atoms with Crippen molar-refractivity contribution in [2.24, 2.45) is 10.7 Å². The maximum Gasteiger partial charge on any atom is 0.246 e. The molecule has 6 heteroatoms. The van der Waals surface area contributed by atoms with E-state index in [-0.39, 0.29) is 18.4 Å². The number of carbonyl (C=O) groups excluding carboxylic acids is 1. The third-order valence-electron chi connectivity index (χ3n) is 2.83. The van der Waals surface area contributed by atoms with E-state index in [9.17, 15) is 4.79 Å². The number of carbonyl (C=O) groups is 1. The van der Waals surface area contributed by atoms with Gasteiger partial charge >= 0.3 is 0 Å². The molecular formula is C16H17BrN4O. The lowest BCUT2D eigenvalue weighted by Crippen LogP contribution is -2.25. The average Bonchev–Trinajstić information content (AvgIpc) is 2.48. The Balaban J connectivity index is 1.87. The minimum atomic E-state index is -0.230. The van der Waals surface area contributed by atoms with E-state index in [4.69, 9.17) is 5.73 Å². The molecule has 0 aliphatic heterocycles. The van der Waals surface area contributed by atoms with Gasteiger partial charge in [-0.15, -0.1) is 0 Å². The van der Waals surface area contributed by atoms with Crippen molar-refractivity contribution in [1.82, 2.24) is 0 Å². The summed E-state index contributed by atoms with van der Waals surface area (Å²) < 4.78 is 0.898. The number of nitrogens with two attached hydrogens (primary N) is 1. The average molecular weight is 361 g/mol. The fraction of sp³-hybridized carbons (Fsp3) is 0.125. The van der Waals surface area contributed by atoms with Gasteiger partial charge in [-0.3, -0.25) is 4.79 Å². The lowest BCUT2D eigenvalue weighted by atomic mass is 10.2. The van der Waals surface area contributed by atoms with Crippen LogP contribution in [0.1, 0.15) is 5.56 Å². The van der Waals surface area contributed by atoms with Crippen LogP contribution in [0.3, 0.4) is 0 Å². The van der Waals surface area contributed by atoms with Gasteiger partial charge in [-0.1, -0.05) is 39.7 Å². The lowest BCUT2D eigenvalue weighted by molar-refractivity contribution is -0.114. The van der Waals surface area contributed by atoms with Crippen molar-refractivity contribution >= 4 is 39.2 Å². The molecule has 2 aromatic carbocycles. The van der Waals surface area contributed by atoms with E-state index in [2.05, 4.69) is 31.6 Å². The maximum atomic E-state index is 11.8. The van der Waals surface area contributed by atoms with Crippen LogP contribution in [-0.2, 0) is 4.79 Å². The highest BCUT2D eigenvalue weighted by Gasteiger charge is 2.02. The Labute approximate surface area is 137 Å². The molecule has 4 N–H and O–H groups in total. The van der Waals surface area contributed by atoms with Crippen molar-refractivity contribution in [3.63, 3.8) is 0 Å². The molecule has 0 heterocycles. The molecule has 0 saturated heterocycles. The number of hydrogen-bond acceptors (Lipinski definition) is 2. The van der Waals surface area contributed by atoms with Crippen molar-refractivity contribution in [1.29, 1.82) is 0 Å². The Bertz CT molecular complexity index is 683. The number of aryl methyl sites for hydroxylation is 1. The predicted molar refractivity (Wildman–Crippen MR) is 94.1 cm³/mol. The first kappa shape index (κ1) is 16.0. The Kier molecular flexibility index (Phi) is 5.55. The van der Waals surface area contributed by atoms with E-state index in [0.717, 1.165) is 15.7 Å². The molecule has 2 rings (SSSR count). The van der Waals surface area contributed by atoms with E-state index in [1.165, 1.54) is 0 Å². The molecule has 0 saturated carbocycles. The highest BCUT2D eigenvalue weighted by atomic mass is 79.9. The first-order chi connectivity index (χ1) is 10.5. The number of guanidine groups is 1. The van der Waals surface area contributed by atoms with Crippen molar-refractivity contribution in [3.05, 3.63) is 58.6 Å². The summed E-state index contributed by atoms with van der Waals surface area (Å²) in [5, 5.41) is 5.69.